The van der Waals surface area contributed by atoms with Crippen molar-refractivity contribution in [2.24, 2.45) is 0 Å². The molecule has 0 unspecified atom stereocenters. The van der Waals surface area contributed by atoms with Crippen LogP contribution in [0.4, 0.5) is 4.39 Å². The smallest absolute Gasteiger partial charge is 0.251 e. The van der Waals surface area contributed by atoms with Gasteiger partial charge in [0.05, 0.1) is 13.7 Å². The second-order valence-corrected chi connectivity index (χ2v) is 5.46. The lowest BCUT2D eigenvalue weighted by molar-refractivity contribution is 0.0946. The lowest BCUT2D eigenvalue weighted by atomic mass is 10.1. The third kappa shape index (κ3) is 4.07. The number of methoxy groups -OCH3 is 1. The summed E-state index contributed by atoms with van der Waals surface area (Å²) >= 11 is 0. The Morgan fingerprint density at radius 2 is 1.84 bits per heavy atom. The molecule has 3 aromatic rings. The number of carbonyl (C=O) groups is 1. The van der Waals surface area contributed by atoms with E-state index in [1.54, 1.807) is 0 Å². The van der Waals surface area contributed by atoms with Crippen LogP contribution >= 0.6 is 0 Å². The zero-order valence-corrected chi connectivity index (χ0v) is 13.8. The molecule has 1 amide bonds. The van der Waals surface area contributed by atoms with Crippen LogP contribution in [-0.2, 0) is 0 Å². The number of hydrogen-bond donors (Lipinski definition) is 1. The van der Waals surface area contributed by atoms with E-state index in [9.17, 15) is 9.18 Å². The van der Waals surface area contributed by atoms with Gasteiger partial charge in [-0.25, -0.2) is 4.39 Å². The van der Waals surface area contributed by atoms with Gasteiger partial charge in [0.2, 0.25) is 0 Å². The second-order valence-electron chi connectivity index (χ2n) is 5.46. The Hall–Kier alpha value is -3.08. The number of benzene rings is 3. The van der Waals surface area contributed by atoms with Gasteiger partial charge in [0.15, 0.2) is 11.6 Å². The largest absolute Gasteiger partial charge is 0.494 e. The first kappa shape index (κ1) is 16.8. The van der Waals surface area contributed by atoms with Gasteiger partial charge < -0.3 is 14.8 Å². The van der Waals surface area contributed by atoms with Gasteiger partial charge in [-0.15, -0.1) is 0 Å². The number of hydrogen-bond acceptors (Lipinski definition) is 3. The van der Waals surface area contributed by atoms with Gasteiger partial charge in [0.25, 0.3) is 5.91 Å². The standard InChI is InChI=1S/C20H18FNO3/c1-24-19-9-7-16(13-18(19)21)20(23)22-10-11-25-17-8-6-14-4-2-3-5-15(14)12-17/h2-9,12-13H,10-11H2,1H3,(H,22,23). The lowest BCUT2D eigenvalue weighted by Crippen LogP contribution is -2.28. The predicted octanol–water partition coefficient (Wildman–Crippen LogP) is 3.80. The highest BCUT2D eigenvalue weighted by Crippen LogP contribution is 2.20. The zero-order chi connectivity index (χ0) is 17.6. The molecule has 1 N–H and O–H groups in total. The van der Waals surface area contributed by atoms with Gasteiger partial charge in [-0.3, -0.25) is 4.79 Å². The lowest BCUT2D eigenvalue weighted by Gasteiger charge is -2.09. The predicted molar refractivity (Wildman–Crippen MR) is 94.7 cm³/mol. The van der Waals surface area contributed by atoms with Gasteiger partial charge in [0.1, 0.15) is 12.4 Å². The monoisotopic (exact) mass is 339 g/mol. The minimum atomic E-state index is -0.567. The maximum Gasteiger partial charge on any atom is 0.251 e. The third-order valence-corrected chi connectivity index (χ3v) is 3.79. The normalized spacial score (nSPS) is 10.5. The number of fused-ring (bicyclic) bond motifs is 1. The van der Waals surface area contributed by atoms with Gasteiger partial charge >= 0.3 is 0 Å². The molecule has 0 bridgehead atoms. The van der Waals surface area contributed by atoms with E-state index in [2.05, 4.69) is 5.32 Å². The molecule has 0 atom stereocenters. The first-order chi connectivity index (χ1) is 12.2. The van der Waals surface area contributed by atoms with E-state index >= 15 is 0 Å². The van der Waals surface area contributed by atoms with Crippen molar-refractivity contribution >= 4 is 16.7 Å². The number of nitrogens with one attached hydrogen (secondary N) is 1. The van der Waals surface area contributed by atoms with E-state index in [0.29, 0.717) is 13.2 Å². The van der Waals surface area contributed by atoms with Gasteiger partial charge in [-0.1, -0.05) is 30.3 Å². The minimum absolute atomic E-state index is 0.108. The van der Waals surface area contributed by atoms with Crippen LogP contribution in [0.2, 0.25) is 0 Å². The number of ether oxygens (including phenoxy) is 2. The highest BCUT2D eigenvalue weighted by Gasteiger charge is 2.09. The highest BCUT2D eigenvalue weighted by molar-refractivity contribution is 5.94. The Morgan fingerprint density at radius 3 is 2.60 bits per heavy atom. The molecule has 0 aliphatic rings. The molecule has 128 valence electrons. The Kier molecular flexibility index (Phi) is 5.14. The van der Waals surface area contributed by atoms with Crippen molar-refractivity contribution in [2.75, 3.05) is 20.3 Å². The fourth-order valence-electron chi connectivity index (χ4n) is 2.50. The van der Waals surface area contributed by atoms with Crippen LogP contribution < -0.4 is 14.8 Å². The van der Waals surface area contributed by atoms with Gasteiger partial charge in [-0.2, -0.15) is 0 Å². The molecule has 0 heterocycles. The summed E-state index contributed by atoms with van der Waals surface area (Å²) in [7, 11) is 1.38. The van der Waals surface area contributed by atoms with Crippen LogP contribution in [0, 0.1) is 5.82 Å². The third-order valence-electron chi connectivity index (χ3n) is 3.79. The molecule has 5 heteroatoms. The molecule has 0 saturated heterocycles. The van der Waals surface area contributed by atoms with Gasteiger partial charge in [0, 0.05) is 5.56 Å². The number of amides is 1. The fraction of sp³-hybridized carbons (Fsp3) is 0.150. The van der Waals surface area contributed by atoms with Crippen LogP contribution in [0.5, 0.6) is 11.5 Å². The molecule has 0 aromatic heterocycles. The summed E-state index contributed by atoms with van der Waals surface area (Å²) < 4.78 is 24.1. The molecule has 3 aromatic carbocycles. The van der Waals surface area contributed by atoms with Crippen molar-refractivity contribution in [3.05, 3.63) is 72.0 Å². The van der Waals surface area contributed by atoms with E-state index in [1.807, 2.05) is 42.5 Å². The van der Waals surface area contributed by atoms with Crippen LogP contribution in [0.25, 0.3) is 10.8 Å². The SMILES string of the molecule is COc1ccc(C(=O)NCCOc2ccc3ccccc3c2)cc1F. The molecular weight excluding hydrogens is 321 g/mol. The molecular formula is C20H18FNO3. The molecule has 0 fully saturated rings. The molecule has 0 radical (unpaired) electrons. The van der Waals surface area contributed by atoms with Crippen LogP contribution in [0.15, 0.2) is 60.7 Å². The highest BCUT2D eigenvalue weighted by atomic mass is 19.1. The van der Waals surface area contributed by atoms with Gasteiger partial charge in [-0.05, 0) is 41.1 Å². The summed E-state index contributed by atoms with van der Waals surface area (Å²) in [6.07, 6.45) is 0. The van der Waals surface area contributed by atoms with E-state index in [-0.39, 0.29) is 17.2 Å². The summed E-state index contributed by atoms with van der Waals surface area (Å²) in [6.45, 7) is 0.641. The van der Waals surface area contributed by atoms with Crippen molar-refractivity contribution in [3.8, 4) is 11.5 Å². The van der Waals surface area contributed by atoms with Crippen molar-refractivity contribution in [3.63, 3.8) is 0 Å². The van der Waals surface area contributed by atoms with Crippen LogP contribution in [-0.4, -0.2) is 26.2 Å². The average Bonchev–Trinajstić information content (AvgIpc) is 2.64. The Bertz CT molecular complexity index is 895. The zero-order valence-electron chi connectivity index (χ0n) is 13.8. The first-order valence-electron chi connectivity index (χ1n) is 7.91. The minimum Gasteiger partial charge on any atom is -0.494 e. The average molecular weight is 339 g/mol. The van der Waals surface area contributed by atoms with Crippen molar-refractivity contribution < 1.29 is 18.7 Å². The number of carbonyl (C=O) groups excluding carboxylic acids is 1. The second kappa shape index (κ2) is 7.66. The van der Waals surface area contributed by atoms with Crippen molar-refractivity contribution in [1.82, 2.24) is 5.32 Å². The van der Waals surface area contributed by atoms with E-state index < -0.39 is 5.82 Å². The molecule has 25 heavy (non-hydrogen) atoms. The quantitative estimate of drug-likeness (QED) is 0.695. The fourth-order valence-corrected chi connectivity index (χ4v) is 2.50. The molecule has 3 rings (SSSR count). The van der Waals surface area contributed by atoms with Crippen LogP contribution in [0.3, 0.4) is 0 Å². The van der Waals surface area contributed by atoms with Crippen molar-refractivity contribution in [2.45, 2.75) is 0 Å². The molecule has 4 nitrogen and oxygen atoms in total. The van der Waals surface area contributed by atoms with E-state index in [4.69, 9.17) is 9.47 Å². The summed E-state index contributed by atoms with van der Waals surface area (Å²) in [5.74, 6) is -0.0779. The first-order valence-corrected chi connectivity index (χ1v) is 7.91. The molecule has 0 saturated carbocycles. The summed E-state index contributed by atoms with van der Waals surface area (Å²) in [5, 5.41) is 4.94. The van der Waals surface area contributed by atoms with Crippen molar-refractivity contribution in [1.29, 1.82) is 0 Å². The molecule has 0 aliphatic carbocycles. The Morgan fingerprint density at radius 1 is 1.04 bits per heavy atom. The Labute approximate surface area is 145 Å². The molecule has 0 aliphatic heterocycles. The number of halogens is 1. The number of rotatable bonds is 6. The summed E-state index contributed by atoms with van der Waals surface area (Å²) in [6, 6.07) is 17.9. The Balaban J connectivity index is 1.52. The molecule has 0 spiro atoms. The topological polar surface area (TPSA) is 47.6 Å². The maximum absolute atomic E-state index is 13.6. The summed E-state index contributed by atoms with van der Waals surface area (Å²) in [4.78, 5) is 12.0. The van der Waals surface area contributed by atoms with Crippen LogP contribution in [0.1, 0.15) is 10.4 Å². The van der Waals surface area contributed by atoms with E-state index in [1.165, 1.54) is 19.2 Å². The maximum atomic E-state index is 13.6. The van der Waals surface area contributed by atoms with E-state index in [0.717, 1.165) is 22.6 Å². The summed E-state index contributed by atoms with van der Waals surface area (Å²) in [5.41, 5.74) is 0.240.